The van der Waals surface area contributed by atoms with Crippen LogP contribution in [0.1, 0.15) is 55.4 Å². The number of nitrogens with zero attached hydrogens (tertiary/aromatic N) is 1. The molecule has 1 unspecified atom stereocenters. The highest BCUT2D eigenvalue weighted by molar-refractivity contribution is 6.92. The van der Waals surface area contributed by atoms with Crippen LogP contribution in [0, 0.1) is 0 Å². The Balaban J connectivity index is -0.000000107. The lowest BCUT2D eigenvalue weighted by Crippen LogP contribution is -1.82. The number of hydrogen-bond acceptors (Lipinski definition) is 1. The van der Waals surface area contributed by atoms with E-state index in [1.54, 1.807) is 6.20 Å². The van der Waals surface area contributed by atoms with Crippen molar-refractivity contribution >= 4 is 15.6 Å². The van der Waals surface area contributed by atoms with Gasteiger partial charge in [0.15, 0.2) is 0 Å². The van der Waals surface area contributed by atoms with Crippen molar-refractivity contribution in [1.29, 1.82) is 0 Å². The molecule has 0 aliphatic carbocycles. The van der Waals surface area contributed by atoms with Crippen LogP contribution in [0.5, 0.6) is 0 Å². The predicted molar refractivity (Wildman–Crippen MR) is 81.2 cm³/mol. The molecular weight excluding hydrogens is 201 g/mol. The van der Waals surface area contributed by atoms with Gasteiger partial charge in [0.25, 0.3) is 0 Å². The SMILES string of the molecule is C/C=C\N=C(C)C=C(C)C.CC.CC.P. The maximum absolute atomic E-state index is 4.14. The van der Waals surface area contributed by atoms with Crippen LogP contribution in [-0.2, 0) is 0 Å². The zero-order valence-corrected chi connectivity index (χ0v) is 13.3. The lowest BCUT2D eigenvalue weighted by Gasteiger charge is -1.88. The number of hydrogen-bond donors (Lipinski definition) is 0. The summed E-state index contributed by atoms with van der Waals surface area (Å²) in [6.45, 7) is 16.1. The normalized spacial score (nSPS) is 8.93. The first kappa shape index (κ1) is 24.0. The summed E-state index contributed by atoms with van der Waals surface area (Å²) in [7, 11) is 0. The minimum atomic E-state index is 0. The van der Waals surface area contributed by atoms with Gasteiger partial charge < -0.3 is 0 Å². The van der Waals surface area contributed by atoms with Gasteiger partial charge in [-0.1, -0.05) is 39.3 Å². The molecule has 0 heterocycles. The summed E-state index contributed by atoms with van der Waals surface area (Å²) in [6.07, 6.45) is 5.77. The zero-order valence-electron chi connectivity index (χ0n) is 11.9. The molecule has 0 aromatic carbocycles. The van der Waals surface area contributed by atoms with Crippen molar-refractivity contribution in [3.63, 3.8) is 0 Å². The Morgan fingerprint density at radius 2 is 1.33 bits per heavy atom. The second-order valence-electron chi connectivity index (χ2n) is 2.47. The molecule has 0 radical (unpaired) electrons. The molecule has 0 fully saturated rings. The van der Waals surface area contributed by atoms with Crippen LogP contribution >= 0.6 is 9.90 Å². The Bertz CT molecular complexity index is 175. The van der Waals surface area contributed by atoms with Gasteiger partial charge in [0.1, 0.15) is 0 Å². The Morgan fingerprint density at radius 1 is 0.933 bits per heavy atom. The van der Waals surface area contributed by atoms with Crippen molar-refractivity contribution in [2.75, 3.05) is 0 Å². The van der Waals surface area contributed by atoms with Crippen molar-refractivity contribution < 1.29 is 0 Å². The highest BCUT2D eigenvalue weighted by atomic mass is 31.0. The van der Waals surface area contributed by atoms with Gasteiger partial charge >= 0.3 is 0 Å². The maximum Gasteiger partial charge on any atom is 0.0371 e. The summed E-state index contributed by atoms with van der Waals surface area (Å²) in [5.74, 6) is 0. The molecule has 0 saturated carbocycles. The standard InChI is InChI=1S/C9H15N.2C2H6.H3P/c1-5-6-10-9(4)7-8(2)3;2*1-2;/h5-7H,1-4H3;2*1-2H3;1H3/b6-5-,10-9?;;;. The maximum atomic E-state index is 4.14. The van der Waals surface area contributed by atoms with E-state index in [1.807, 2.05) is 47.6 Å². The van der Waals surface area contributed by atoms with E-state index >= 15 is 0 Å². The van der Waals surface area contributed by atoms with E-state index in [0.29, 0.717) is 0 Å². The van der Waals surface area contributed by atoms with Gasteiger partial charge in [-0.15, -0.1) is 0 Å². The second kappa shape index (κ2) is 23.4. The molecule has 0 bridgehead atoms. The highest BCUT2D eigenvalue weighted by Crippen LogP contribution is 1.91. The number of allylic oxidation sites excluding steroid dienone is 3. The molecule has 92 valence electrons. The average molecular weight is 231 g/mol. The van der Waals surface area contributed by atoms with Crippen LogP contribution in [0.3, 0.4) is 0 Å². The van der Waals surface area contributed by atoms with Crippen molar-refractivity contribution in [3.05, 3.63) is 23.9 Å². The molecule has 0 aliphatic heterocycles. The Kier molecular flexibility index (Phi) is 37.5. The largest absolute Gasteiger partial charge is 0.262 e. The lowest BCUT2D eigenvalue weighted by molar-refractivity contribution is 1.39. The third kappa shape index (κ3) is 31.7. The summed E-state index contributed by atoms with van der Waals surface area (Å²) < 4.78 is 0. The Hall–Kier alpha value is -0.420. The molecule has 0 spiro atoms. The molecule has 0 aromatic rings. The third-order valence-corrected chi connectivity index (χ3v) is 0.925. The molecule has 0 N–H and O–H groups in total. The zero-order chi connectivity index (χ0) is 12.0. The van der Waals surface area contributed by atoms with Crippen molar-refractivity contribution in [2.24, 2.45) is 4.99 Å². The lowest BCUT2D eigenvalue weighted by atomic mass is 10.2. The fraction of sp³-hybridized carbons (Fsp3) is 0.615. The van der Waals surface area contributed by atoms with Gasteiger partial charge in [-0.25, -0.2) is 0 Å². The third-order valence-electron chi connectivity index (χ3n) is 0.925. The summed E-state index contributed by atoms with van der Waals surface area (Å²) >= 11 is 0. The number of rotatable bonds is 2. The molecule has 15 heavy (non-hydrogen) atoms. The van der Waals surface area contributed by atoms with E-state index < -0.39 is 0 Å². The molecule has 0 aliphatic rings. The Labute approximate surface area is 100 Å². The molecule has 1 atom stereocenters. The van der Waals surface area contributed by atoms with Gasteiger partial charge in [-0.2, -0.15) is 9.90 Å². The molecule has 0 rings (SSSR count). The van der Waals surface area contributed by atoms with Crippen LogP contribution in [0.25, 0.3) is 0 Å². The molecule has 1 nitrogen and oxygen atoms in total. The second-order valence-corrected chi connectivity index (χ2v) is 2.47. The summed E-state index contributed by atoms with van der Waals surface area (Å²) in [6, 6.07) is 0. The van der Waals surface area contributed by atoms with Crippen molar-refractivity contribution in [2.45, 2.75) is 55.4 Å². The first-order valence-electron chi connectivity index (χ1n) is 5.47. The number of aliphatic imine (C=N–C) groups is 1. The summed E-state index contributed by atoms with van der Waals surface area (Å²) in [5.41, 5.74) is 2.34. The topological polar surface area (TPSA) is 12.4 Å². The Morgan fingerprint density at radius 3 is 1.60 bits per heavy atom. The van der Waals surface area contributed by atoms with Crippen LogP contribution < -0.4 is 0 Å². The molecule has 0 amide bonds. The molecular formula is C13H30NP. The average Bonchev–Trinajstić information content (AvgIpc) is 2.20. The van der Waals surface area contributed by atoms with Gasteiger partial charge in [-0.05, 0) is 33.8 Å². The minimum absolute atomic E-state index is 0. The molecule has 0 saturated heterocycles. The minimum Gasteiger partial charge on any atom is -0.262 e. The molecule has 0 aromatic heterocycles. The van der Waals surface area contributed by atoms with E-state index in [4.69, 9.17) is 0 Å². The van der Waals surface area contributed by atoms with E-state index in [-0.39, 0.29) is 9.90 Å². The van der Waals surface area contributed by atoms with Gasteiger partial charge in [0.05, 0.1) is 0 Å². The quantitative estimate of drug-likeness (QED) is 0.465. The van der Waals surface area contributed by atoms with Crippen LogP contribution in [0.15, 0.2) is 28.9 Å². The first-order chi connectivity index (χ1) is 6.66. The van der Waals surface area contributed by atoms with E-state index in [9.17, 15) is 0 Å². The van der Waals surface area contributed by atoms with Crippen molar-refractivity contribution in [1.82, 2.24) is 0 Å². The van der Waals surface area contributed by atoms with Crippen LogP contribution in [0.4, 0.5) is 0 Å². The molecule has 2 heteroatoms. The first-order valence-corrected chi connectivity index (χ1v) is 5.47. The van der Waals surface area contributed by atoms with Crippen LogP contribution in [0.2, 0.25) is 0 Å². The van der Waals surface area contributed by atoms with E-state index in [0.717, 1.165) is 5.71 Å². The van der Waals surface area contributed by atoms with E-state index in [2.05, 4.69) is 24.9 Å². The highest BCUT2D eigenvalue weighted by Gasteiger charge is 1.80. The van der Waals surface area contributed by atoms with E-state index in [1.165, 1.54) is 5.57 Å². The van der Waals surface area contributed by atoms with Gasteiger partial charge in [0.2, 0.25) is 0 Å². The van der Waals surface area contributed by atoms with Gasteiger partial charge in [-0.3, -0.25) is 4.99 Å². The monoisotopic (exact) mass is 231 g/mol. The predicted octanol–water partition coefficient (Wildman–Crippen LogP) is 5.06. The van der Waals surface area contributed by atoms with Gasteiger partial charge in [0, 0.05) is 11.9 Å². The summed E-state index contributed by atoms with van der Waals surface area (Å²) in [4.78, 5) is 4.14. The summed E-state index contributed by atoms with van der Waals surface area (Å²) in [5, 5.41) is 0. The fourth-order valence-electron chi connectivity index (χ4n) is 0.647. The van der Waals surface area contributed by atoms with Crippen LogP contribution in [-0.4, -0.2) is 5.71 Å². The van der Waals surface area contributed by atoms with Crippen molar-refractivity contribution in [3.8, 4) is 0 Å². The fourth-order valence-corrected chi connectivity index (χ4v) is 0.647. The smallest absolute Gasteiger partial charge is 0.0371 e.